The van der Waals surface area contributed by atoms with E-state index < -0.39 is 0 Å². The van der Waals surface area contributed by atoms with Crippen LogP contribution in [0.25, 0.3) is 5.65 Å². The molecule has 0 saturated carbocycles. The van der Waals surface area contributed by atoms with Gasteiger partial charge in [-0.15, -0.1) is 0 Å². The molecule has 0 aliphatic rings. The van der Waals surface area contributed by atoms with Crippen LogP contribution < -0.4 is 10.1 Å². The van der Waals surface area contributed by atoms with Crippen molar-refractivity contribution in [3.63, 3.8) is 0 Å². The molecular weight excluding hydrogens is 400 g/mol. The van der Waals surface area contributed by atoms with Gasteiger partial charge in [0.2, 0.25) is 0 Å². The summed E-state index contributed by atoms with van der Waals surface area (Å²) in [5.74, 6) is 1.58. The number of nitrogens with one attached hydrogen (secondary N) is 1. The zero-order chi connectivity index (χ0) is 17.9. The average Bonchev–Trinajstić information content (AvgIpc) is 3.30. The van der Waals surface area contributed by atoms with E-state index in [-0.39, 0.29) is 18.3 Å². The summed E-state index contributed by atoms with van der Waals surface area (Å²) in [5.41, 5.74) is 0.644. The normalized spacial score (nSPS) is 10.8. The van der Waals surface area contributed by atoms with Crippen LogP contribution in [0.4, 0.5) is 5.82 Å². The van der Waals surface area contributed by atoms with Crippen LogP contribution >= 0.6 is 15.9 Å². The Balaban J connectivity index is 1.44. The van der Waals surface area contributed by atoms with Crippen molar-refractivity contribution in [2.45, 2.75) is 6.61 Å². The maximum Gasteiger partial charge on any atom is 0.292 e. The minimum atomic E-state index is -0.373. The highest BCUT2D eigenvalue weighted by Gasteiger charge is 2.14. The monoisotopic (exact) mass is 412 g/mol. The molecular formula is C18H13BrN4O3. The largest absolute Gasteiger partial charge is 0.486 e. The van der Waals surface area contributed by atoms with E-state index in [4.69, 9.17) is 9.15 Å². The summed E-state index contributed by atoms with van der Waals surface area (Å²) >= 11 is 3.39. The fourth-order valence-electron chi connectivity index (χ4n) is 2.40. The summed E-state index contributed by atoms with van der Waals surface area (Å²) in [6, 6.07) is 14.2. The van der Waals surface area contributed by atoms with Crippen molar-refractivity contribution in [3.05, 3.63) is 76.9 Å². The number of carbonyl (C=O) groups is 1. The second kappa shape index (κ2) is 7.01. The maximum atomic E-state index is 12.4. The number of carbonyl (C=O) groups excluding carboxylic acids is 1. The third kappa shape index (κ3) is 3.45. The number of ether oxygens (including phenoxy) is 1. The van der Waals surface area contributed by atoms with Crippen LogP contribution in [0.3, 0.4) is 0 Å². The van der Waals surface area contributed by atoms with E-state index >= 15 is 0 Å². The van der Waals surface area contributed by atoms with E-state index in [9.17, 15) is 4.79 Å². The zero-order valence-corrected chi connectivity index (χ0v) is 15.0. The summed E-state index contributed by atoms with van der Waals surface area (Å²) < 4.78 is 13.7. The first-order valence-corrected chi connectivity index (χ1v) is 8.55. The van der Waals surface area contributed by atoms with Gasteiger partial charge in [-0.05, 0) is 36.4 Å². The number of anilines is 1. The van der Waals surface area contributed by atoms with Gasteiger partial charge in [0.05, 0.1) is 6.20 Å². The molecule has 0 bridgehead atoms. The molecule has 7 nitrogen and oxygen atoms in total. The van der Waals surface area contributed by atoms with E-state index in [1.54, 1.807) is 36.7 Å². The minimum absolute atomic E-state index is 0.190. The minimum Gasteiger partial charge on any atom is -0.486 e. The molecule has 0 radical (unpaired) electrons. The Bertz CT molecular complexity index is 1070. The molecule has 0 atom stereocenters. The quantitative estimate of drug-likeness (QED) is 0.537. The van der Waals surface area contributed by atoms with Crippen LogP contribution in [0.1, 0.15) is 16.3 Å². The van der Waals surface area contributed by atoms with Crippen LogP contribution in [0, 0.1) is 0 Å². The number of benzene rings is 1. The van der Waals surface area contributed by atoms with Gasteiger partial charge in [0.1, 0.15) is 23.9 Å². The average molecular weight is 413 g/mol. The summed E-state index contributed by atoms with van der Waals surface area (Å²) in [6.45, 7) is 0.225. The molecule has 0 spiro atoms. The van der Waals surface area contributed by atoms with Crippen molar-refractivity contribution in [3.8, 4) is 5.75 Å². The number of halogens is 1. The van der Waals surface area contributed by atoms with Gasteiger partial charge in [-0.2, -0.15) is 9.61 Å². The molecule has 8 heteroatoms. The van der Waals surface area contributed by atoms with E-state index in [2.05, 4.69) is 31.3 Å². The third-order valence-electron chi connectivity index (χ3n) is 3.59. The lowest BCUT2D eigenvalue weighted by molar-refractivity contribution is 0.0992. The summed E-state index contributed by atoms with van der Waals surface area (Å²) in [7, 11) is 0. The number of furan rings is 1. The Morgan fingerprint density at radius 3 is 3.00 bits per heavy atom. The molecule has 4 aromatic rings. The molecule has 3 heterocycles. The molecule has 0 aliphatic heterocycles. The molecule has 1 amide bonds. The predicted octanol–water partition coefficient (Wildman–Crippen LogP) is 3.92. The van der Waals surface area contributed by atoms with Gasteiger partial charge in [0, 0.05) is 16.7 Å². The topological polar surface area (TPSA) is 81.7 Å². The highest BCUT2D eigenvalue weighted by Crippen LogP contribution is 2.20. The number of nitrogens with zero attached hydrogens (tertiary/aromatic N) is 3. The second-order valence-electron chi connectivity index (χ2n) is 5.40. The molecule has 0 unspecified atom stereocenters. The number of hydrogen-bond acceptors (Lipinski definition) is 5. The predicted molar refractivity (Wildman–Crippen MR) is 98.1 cm³/mol. The molecule has 130 valence electrons. The highest BCUT2D eigenvalue weighted by atomic mass is 79.9. The Morgan fingerprint density at radius 1 is 1.19 bits per heavy atom. The van der Waals surface area contributed by atoms with Gasteiger partial charge < -0.3 is 14.5 Å². The molecule has 4 rings (SSSR count). The number of rotatable bonds is 5. The fourth-order valence-corrected chi connectivity index (χ4v) is 2.77. The van der Waals surface area contributed by atoms with Crippen LogP contribution in [0.15, 0.2) is 69.8 Å². The number of fused-ring (bicyclic) bond motifs is 1. The lowest BCUT2D eigenvalue weighted by Gasteiger charge is -2.06. The molecule has 0 aliphatic carbocycles. The van der Waals surface area contributed by atoms with E-state index in [1.165, 1.54) is 4.52 Å². The fraction of sp³-hybridized carbons (Fsp3) is 0.0556. The molecule has 26 heavy (non-hydrogen) atoms. The van der Waals surface area contributed by atoms with Crippen molar-refractivity contribution in [2.24, 2.45) is 0 Å². The van der Waals surface area contributed by atoms with Gasteiger partial charge in [-0.3, -0.25) is 4.79 Å². The van der Waals surface area contributed by atoms with E-state index in [0.29, 0.717) is 23.0 Å². The van der Waals surface area contributed by atoms with Crippen molar-refractivity contribution in [1.29, 1.82) is 0 Å². The van der Waals surface area contributed by atoms with Crippen LogP contribution in [-0.2, 0) is 6.61 Å². The number of hydrogen-bond donors (Lipinski definition) is 1. The molecule has 1 N–H and O–H groups in total. The lowest BCUT2D eigenvalue weighted by Crippen LogP contribution is -2.14. The third-order valence-corrected chi connectivity index (χ3v) is 4.09. The van der Waals surface area contributed by atoms with Crippen molar-refractivity contribution < 1.29 is 13.9 Å². The first kappa shape index (κ1) is 16.3. The van der Waals surface area contributed by atoms with Crippen molar-refractivity contribution in [1.82, 2.24) is 14.6 Å². The van der Waals surface area contributed by atoms with Gasteiger partial charge >= 0.3 is 0 Å². The number of amides is 1. The summed E-state index contributed by atoms with van der Waals surface area (Å²) in [6.07, 6.45) is 3.22. The van der Waals surface area contributed by atoms with E-state index in [1.807, 2.05) is 24.3 Å². The van der Waals surface area contributed by atoms with Crippen LogP contribution in [0.2, 0.25) is 0 Å². The summed E-state index contributed by atoms with van der Waals surface area (Å²) in [5, 5.41) is 6.89. The molecule has 1 aromatic carbocycles. The van der Waals surface area contributed by atoms with Crippen LogP contribution in [0.5, 0.6) is 5.75 Å². The Morgan fingerprint density at radius 2 is 2.12 bits per heavy atom. The van der Waals surface area contributed by atoms with Crippen molar-refractivity contribution in [2.75, 3.05) is 5.32 Å². The van der Waals surface area contributed by atoms with E-state index in [0.717, 1.165) is 4.47 Å². The zero-order valence-electron chi connectivity index (χ0n) is 13.4. The Labute approximate surface area is 156 Å². The van der Waals surface area contributed by atoms with Crippen molar-refractivity contribution >= 4 is 33.3 Å². The first-order valence-electron chi connectivity index (χ1n) is 7.76. The highest BCUT2D eigenvalue weighted by molar-refractivity contribution is 9.10. The Hall–Kier alpha value is -3.13. The summed E-state index contributed by atoms with van der Waals surface area (Å²) in [4.78, 5) is 16.5. The standard InChI is InChI=1S/C18H13BrN4O3/c19-12-2-1-3-13(10-12)25-11-14-4-5-15(26-14)18(24)22-17-6-8-20-16-7-9-21-23(16)17/h1-10H,11H2,(H,22,24). The van der Waals surface area contributed by atoms with Gasteiger partial charge in [-0.25, -0.2) is 4.98 Å². The molecule has 0 fully saturated rings. The van der Waals surface area contributed by atoms with Crippen LogP contribution in [-0.4, -0.2) is 20.5 Å². The maximum absolute atomic E-state index is 12.4. The van der Waals surface area contributed by atoms with Gasteiger partial charge in [-0.1, -0.05) is 22.0 Å². The second-order valence-corrected chi connectivity index (χ2v) is 6.31. The molecule has 3 aromatic heterocycles. The van der Waals surface area contributed by atoms with Gasteiger partial charge in [0.25, 0.3) is 5.91 Å². The Kier molecular flexibility index (Phi) is 4.40. The smallest absolute Gasteiger partial charge is 0.292 e. The first-order chi connectivity index (χ1) is 12.7. The SMILES string of the molecule is O=C(Nc1ccnc2ccnn12)c1ccc(COc2cccc(Br)c2)o1. The number of aromatic nitrogens is 3. The molecule has 0 saturated heterocycles. The van der Waals surface area contributed by atoms with Gasteiger partial charge in [0.15, 0.2) is 11.4 Å². The lowest BCUT2D eigenvalue weighted by atomic mass is 10.3.